The topological polar surface area (TPSA) is 41.9 Å². The van der Waals surface area contributed by atoms with Crippen LogP contribution < -0.4 is 0 Å². The van der Waals surface area contributed by atoms with Crippen molar-refractivity contribution in [2.24, 2.45) is 5.92 Å². The summed E-state index contributed by atoms with van der Waals surface area (Å²) >= 11 is 0. The van der Waals surface area contributed by atoms with Gasteiger partial charge in [-0.15, -0.1) is 0 Å². The van der Waals surface area contributed by atoms with Crippen LogP contribution in [0.1, 0.15) is 33.1 Å². The summed E-state index contributed by atoms with van der Waals surface area (Å²) in [6, 6.07) is 0.539. The fraction of sp³-hybridized carbons (Fsp3) is 1.00. The summed E-state index contributed by atoms with van der Waals surface area (Å²) in [7, 11) is 1.73. The van der Waals surface area contributed by atoms with Crippen molar-refractivity contribution in [2.75, 3.05) is 40.0 Å². The Labute approximate surface area is 111 Å². The molecule has 2 unspecified atom stereocenters. The summed E-state index contributed by atoms with van der Waals surface area (Å²) in [4.78, 5) is 2.37. The molecule has 108 valence electrons. The second-order valence-corrected chi connectivity index (χ2v) is 5.15. The molecule has 0 aromatic rings. The Morgan fingerprint density at radius 1 is 1.39 bits per heavy atom. The first-order valence-corrected chi connectivity index (χ1v) is 7.21. The van der Waals surface area contributed by atoms with Crippen molar-refractivity contribution in [1.82, 2.24) is 4.90 Å². The molecule has 0 saturated carbocycles. The van der Waals surface area contributed by atoms with Crippen LogP contribution in [0.25, 0.3) is 0 Å². The Morgan fingerprint density at radius 3 is 2.61 bits per heavy atom. The van der Waals surface area contributed by atoms with Gasteiger partial charge in [0.1, 0.15) is 0 Å². The van der Waals surface area contributed by atoms with Crippen molar-refractivity contribution in [2.45, 2.75) is 45.3 Å². The lowest BCUT2D eigenvalue weighted by molar-refractivity contribution is 0.0282. The molecule has 0 amide bonds. The van der Waals surface area contributed by atoms with Crippen LogP contribution in [0.4, 0.5) is 0 Å². The third-order valence-corrected chi connectivity index (χ3v) is 3.97. The van der Waals surface area contributed by atoms with Gasteiger partial charge in [0, 0.05) is 38.8 Å². The smallest absolute Gasteiger partial charge is 0.0718 e. The maximum atomic E-state index is 10.3. The minimum absolute atomic E-state index is 0.273. The summed E-state index contributed by atoms with van der Waals surface area (Å²) in [5.41, 5.74) is 0. The number of hydrogen-bond acceptors (Lipinski definition) is 4. The normalized spacial score (nSPS) is 22.0. The number of nitrogens with zero attached hydrogens (tertiary/aromatic N) is 1. The van der Waals surface area contributed by atoms with E-state index in [9.17, 15) is 5.11 Å². The van der Waals surface area contributed by atoms with Crippen molar-refractivity contribution in [3.05, 3.63) is 0 Å². The molecule has 0 radical (unpaired) electrons. The molecule has 1 N–H and O–H groups in total. The molecule has 18 heavy (non-hydrogen) atoms. The summed E-state index contributed by atoms with van der Waals surface area (Å²) in [5, 5.41) is 10.3. The molecule has 0 aromatic carbocycles. The van der Waals surface area contributed by atoms with Crippen molar-refractivity contribution in [3.8, 4) is 0 Å². The van der Waals surface area contributed by atoms with Gasteiger partial charge in [0.25, 0.3) is 0 Å². The standard InChI is InChI=1S/C14H29NO3/c1-4-13(5-2)15(7-9-17-3)10-14(16)12-6-8-18-11-12/h12-14,16H,4-11H2,1-3H3. The largest absolute Gasteiger partial charge is 0.391 e. The minimum Gasteiger partial charge on any atom is -0.391 e. The zero-order valence-corrected chi connectivity index (χ0v) is 12.1. The highest BCUT2D eigenvalue weighted by Gasteiger charge is 2.27. The Hall–Kier alpha value is -0.160. The lowest BCUT2D eigenvalue weighted by atomic mass is 10.00. The van der Waals surface area contributed by atoms with E-state index in [1.54, 1.807) is 7.11 Å². The van der Waals surface area contributed by atoms with Crippen LogP contribution in [0.2, 0.25) is 0 Å². The fourth-order valence-corrected chi connectivity index (χ4v) is 2.68. The van der Waals surface area contributed by atoms with Gasteiger partial charge < -0.3 is 14.6 Å². The molecular weight excluding hydrogens is 230 g/mol. The first kappa shape index (κ1) is 15.9. The molecule has 1 aliphatic heterocycles. The Kier molecular flexibility index (Phi) is 7.82. The summed E-state index contributed by atoms with van der Waals surface area (Å²) in [6.07, 6.45) is 2.95. The van der Waals surface area contributed by atoms with E-state index in [0.29, 0.717) is 18.6 Å². The molecule has 0 aliphatic carbocycles. The van der Waals surface area contributed by atoms with Gasteiger partial charge in [-0.3, -0.25) is 4.90 Å². The molecule has 2 atom stereocenters. The van der Waals surface area contributed by atoms with E-state index < -0.39 is 0 Å². The lowest BCUT2D eigenvalue weighted by Crippen LogP contribution is -2.44. The van der Waals surface area contributed by atoms with E-state index in [4.69, 9.17) is 9.47 Å². The van der Waals surface area contributed by atoms with Crippen molar-refractivity contribution in [3.63, 3.8) is 0 Å². The zero-order valence-electron chi connectivity index (χ0n) is 12.1. The minimum atomic E-state index is -0.273. The average molecular weight is 259 g/mol. The van der Waals surface area contributed by atoms with Gasteiger partial charge in [-0.2, -0.15) is 0 Å². The van der Waals surface area contributed by atoms with Crippen LogP contribution in [0.15, 0.2) is 0 Å². The molecule has 1 aliphatic rings. The quantitative estimate of drug-likeness (QED) is 0.682. The molecule has 0 spiro atoms. The predicted octanol–water partition coefficient (Wildman–Crippen LogP) is 1.52. The maximum Gasteiger partial charge on any atom is 0.0718 e. The van der Waals surface area contributed by atoms with E-state index >= 15 is 0 Å². The number of hydrogen-bond donors (Lipinski definition) is 1. The third kappa shape index (κ3) is 4.84. The predicted molar refractivity (Wildman–Crippen MR) is 72.8 cm³/mol. The fourth-order valence-electron chi connectivity index (χ4n) is 2.68. The van der Waals surface area contributed by atoms with Crippen LogP contribution in [0, 0.1) is 5.92 Å². The zero-order chi connectivity index (χ0) is 13.4. The molecule has 1 rings (SSSR count). The number of aliphatic hydroxyl groups excluding tert-OH is 1. The molecule has 0 bridgehead atoms. The third-order valence-electron chi connectivity index (χ3n) is 3.97. The van der Waals surface area contributed by atoms with Crippen LogP contribution >= 0.6 is 0 Å². The molecule has 0 aromatic heterocycles. The van der Waals surface area contributed by atoms with Crippen molar-refractivity contribution >= 4 is 0 Å². The van der Waals surface area contributed by atoms with Crippen LogP contribution in [-0.4, -0.2) is 62.2 Å². The van der Waals surface area contributed by atoms with E-state index in [1.807, 2.05) is 0 Å². The summed E-state index contributed by atoms with van der Waals surface area (Å²) in [5.74, 6) is 0.310. The van der Waals surface area contributed by atoms with Crippen LogP contribution in [0.5, 0.6) is 0 Å². The summed E-state index contributed by atoms with van der Waals surface area (Å²) < 4.78 is 10.5. The second kappa shape index (κ2) is 8.86. The van der Waals surface area contributed by atoms with Crippen LogP contribution in [-0.2, 0) is 9.47 Å². The van der Waals surface area contributed by atoms with Gasteiger partial charge in [-0.25, -0.2) is 0 Å². The average Bonchev–Trinajstić information content (AvgIpc) is 2.90. The van der Waals surface area contributed by atoms with Crippen molar-refractivity contribution in [1.29, 1.82) is 0 Å². The molecular formula is C14H29NO3. The first-order valence-electron chi connectivity index (χ1n) is 7.21. The van der Waals surface area contributed by atoms with Gasteiger partial charge in [-0.1, -0.05) is 13.8 Å². The Balaban J connectivity index is 2.47. The second-order valence-electron chi connectivity index (χ2n) is 5.15. The Morgan fingerprint density at radius 2 is 2.11 bits per heavy atom. The van der Waals surface area contributed by atoms with Crippen molar-refractivity contribution < 1.29 is 14.6 Å². The van der Waals surface area contributed by atoms with E-state index in [-0.39, 0.29) is 6.10 Å². The van der Waals surface area contributed by atoms with E-state index in [0.717, 1.165) is 45.6 Å². The number of ether oxygens (including phenoxy) is 2. The van der Waals surface area contributed by atoms with E-state index in [1.165, 1.54) is 0 Å². The molecule has 1 saturated heterocycles. The number of aliphatic hydroxyl groups is 1. The monoisotopic (exact) mass is 259 g/mol. The van der Waals surface area contributed by atoms with Gasteiger partial charge >= 0.3 is 0 Å². The van der Waals surface area contributed by atoms with Gasteiger partial charge in [-0.05, 0) is 19.3 Å². The lowest BCUT2D eigenvalue weighted by Gasteiger charge is -2.33. The highest BCUT2D eigenvalue weighted by Crippen LogP contribution is 2.19. The number of methoxy groups -OCH3 is 1. The van der Waals surface area contributed by atoms with E-state index in [2.05, 4.69) is 18.7 Å². The molecule has 4 heteroatoms. The number of rotatable bonds is 9. The molecule has 1 heterocycles. The van der Waals surface area contributed by atoms with Gasteiger partial charge in [0.2, 0.25) is 0 Å². The van der Waals surface area contributed by atoms with Gasteiger partial charge in [0.15, 0.2) is 0 Å². The SMILES string of the molecule is CCC(CC)N(CCOC)CC(O)C1CCOC1. The highest BCUT2D eigenvalue weighted by molar-refractivity contribution is 4.79. The molecule has 4 nitrogen and oxygen atoms in total. The van der Waals surface area contributed by atoms with Gasteiger partial charge in [0.05, 0.1) is 19.3 Å². The maximum absolute atomic E-state index is 10.3. The molecule has 1 fully saturated rings. The highest BCUT2D eigenvalue weighted by atomic mass is 16.5. The van der Waals surface area contributed by atoms with Crippen LogP contribution in [0.3, 0.4) is 0 Å². The summed E-state index contributed by atoms with van der Waals surface area (Å²) in [6.45, 7) is 8.28. The Bertz CT molecular complexity index is 203. The first-order chi connectivity index (χ1) is 8.72.